The first-order chi connectivity index (χ1) is 13.0. The number of amides is 2. The van der Waals surface area contributed by atoms with Gasteiger partial charge in [0.1, 0.15) is 0 Å². The van der Waals surface area contributed by atoms with Crippen LogP contribution in [0.25, 0.3) is 0 Å². The minimum absolute atomic E-state index is 0.0412. The standard InChI is InChI=1S/C18H25N3O3.CH2O2/c1-19-17(22)8-13-6-7-14(21(13)2)9-20-18(23)15-5-3-4-12-10-24-11-16(12)15;2-1-3/h3-5,13-14H,6-11H2,1-2H3,(H,19,22)(H,20,23);1H,(H,2,3)/t13-,14+;/m1./s1. The fourth-order valence-corrected chi connectivity index (χ4v) is 3.62. The highest BCUT2D eigenvalue weighted by Crippen LogP contribution is 2.25. The van der Waals surface area contributed by atoms with Crippen LogP contribution in [0.15, 0.2) is 18.2 Å². The number of fused-ring (bicyclic) bond motifs is 1. The fourth-order valence-electron chi connectivity index (χ4n) is 3.62. The lowest BCUT2D eigenvalue weighted by atomic mass is 10.0. The van der Waals surface area contributed by atoms with Crippen LogP contribution < -0.4 is 10.6 Å². The van der Waals surface area contributed by atoms with Gasteiger partial charge >= 0.3 is 0 Å². The summed E-state index contributed by atoms with van der Waals surface area (Å²) in [5.41, 5.74) is 2.83. The predicted molar refractivity (Wildman–Crippen MR) is 99.2 cm³/mol. The summed E-state index contributed by atoms with van der Waals surface area (Å²) in [6.07, 6.45) is 2.49. The lowest BCUT2D eigenvalue weighted by molar-refractivity contribution is -0.123. The van der Waals surface area contributed by atoms with Crippen LogP contribution in [0.1, 0.15) is 40.7 Å². The summed E-state index contributed by atoms with van der Waals surface area (Å²) in [5.74, 6) is 0.0249. The van der Waals surface area contributed by atoms with Gasteiger partial charge in [0.05, 0.1) is 13.2 Å². The maximum atomic E-state index is 12.5. The molecule has 2 atom stereocenters. The summed E-state index contributed by atoms with van der Waals surface area (Å²) in [7, 11) is 3.70. The number of likely N-dealkylation sites (N-methyl/N-ethyl adjacent to an activating group) is 1. The van der Waals surface area contributed by atoms with Crippen LogP contribution in [-0.4, -0.2) is 61.0 Å². The SMILES string of the molecule is CNC(=O)C[C@H]1CC[C@@H](CNC(=O)c2cccc3c2COC3)N1C.O=CO. The molecule has 0 unspecified atom stereocenters. The Morgan fingerprint density at radius 1 is 1.30 bits per heavy atom. The number of ether oxygens (including phenoxy) is 1. The highest BCUT2D eigenvalue weighted by molar-refractivity contribution is 5.96. The quantitative estimate of drug-likeness (QED) is 0.654. The van der Waals surface area contributed by atoms with Crippen LogP contribution in [0.4, 0.5) is 0 Å². The fraction of sp³-hybridized carbons (Fsp3) is 0.526. The number of likely N-dealkylation sites (tertiary alicyclic amines) is 1. The van der Waals surface area contributed by atoms with Crippen LogP contribution in [0.5, 0.6) is 0 Å². The monoisotopic (exact) mass is 377 g/mol. The van der Waals surface area contributed by atoms with Gasteiger partial charge in [-0.1, -0.05) is 12.1 Å². The van der Waals surface area contributed by atoms with Crippen molar-refractivity contribution in [1.29, 1.82) is 0 Å². The summed E-state index contributed by atoms with van der Waals surface area (Å²) in [6, 6.07) is 6.30. The van der Waals surface area contributed by atoms with Crippen molar-refractivity contribution >= 4 is 18.3 Å². The van der Waals surface area contributed by atoms with Crippen molar-refractivity contribution in [3.8, 4) is 0 Å². The van der Waals surface area contributed by atoms with E-state index in [9.17, 15) is 9.59 Å². The molecule has 0 aliphatic carbocycles. The number of carbonyl (C=O) groups excluding carboxylic acids is 2. The Balaban J connectivity index is 0.000000817. The van der Waals surface area contributed by atoms with Crippen molar-refractivity contribution < 1.29 is 24.2 Å². The van der Waals surface area contributed by atoms with Gasteiger partial charge in [-0.2, -0.15) is 0 Å². The summed E-state index contributed by atoms with van der Waals surface area (Å²) in [4.78, 5) is 34.7. The van der Waals surface area contributed by atoms with Crippen LogP contribution in [0.2, 0.25) is 0 Å². The van der Waals surface area contributed by atoms with Crippen LogP contribution in [0.3, 0.4) is 0 Å². The highest BCUT2D eigenvalue weighted by Gasteiger charge is 2.32. The van der Waals surface area contributed by atoms with Gasteiger partial charge < -0.3 is 20.5 Å². The Morgan fingerprint density at radius 3 is 2.70 bits per heavy atom. The zero-order chi connectivity index (χ0) is 19.8. The van der Waals surface area contributed by atoms with Gasteiger partial charge in [0.25, 0.3) is 12.4 Å². The van der Waals surface area contributed by atoms with Crippen molar-refractivity contribution in [3.63, 3.8) is 0 Å². The van der Waals surface area contributed by atoms with Crippen molar-refractivity contribution in [2.75, 3.05) is 20.6 Å². The van der Waals surface area contributed by atoms with Crippen LogP contribution in [0, 0.1) is 0 Å². The molecule has 1 aromatic rings. The molecule has 0 aromatic heterocycles. The Bertz CT molecular complexity index is 679. The minimum Gasteiger partial charge on any atom is -0.483 e. The third-order valence-corrected chi connectivity index (χ3v) is 5.20. The maximum absolute atomic E-state index is 12.5. The zero-order valence-corrected chi connectivity index (χ0v) is 15.7. The molecular weight excluding hydrogens is 350 g/mol. The summed E-state index contributed by atoms with van der Waals surface area (Å²) >= 11 is 0. The Morgan fingerprint density at radius 2 is 2.00 bits per heavy atom. The number of rotatable bonds is 5. The van der Waals surface area contributed by atoms with Crippen molar-refractivity contribution in [3.05, 3.63) is 34.9 Å². The third kappa shape index (κ3) is 5.27. The number of nitrogens with zero attached hydrogens (tertiary/aromatic N) is 1. The van der Waals surface area contributed by atoms with Crippen LogP contribution >= 0.6 is 0 Å². The summed E-state index contributed by atoms with van der Waals surface area (Å²) in [6.45, 7) is 1.45. The van der Waals surface area contributed by atoms with Crippen molar-refractivity contribution in [1.82, 2.24) is 15.5 Å². The smallest absolute Gasteiger partial charge is 0.290 e. The molecule has 2 heterocycles. The number of benzene rings is 1. The summed E-state index contributed by atoms with van der Waals surface area (Å²) in [5, 5.41) is 12.6. The second-order valence-corrected chi connectivity index (χ2v) is 6.68. The molecule has 2 amide bonds. The highest BCUT2D eigenvalue weighted by atomic mass is 16.5. The van der Waals surface area contributed by atoms with E-state index >= 15 is 0 Å². The second-order valence-electron chi connectivity index (χ2n) is 6.68. The van der Waals surface area contributed by atoms with Gasteiger partial charge in [0.2, 0.25) is 5.91 Å². The Kier molecular flexibility index (Phi) is 7.75. The lowest BCUT2D eigenvalue weighted by Crippen LogP contribution is -2.42. The van der Waals surface area contributed by atoms with Gasteiger partial charge in [-0.25, -0.2) is 0 Å². The molecule has 3 N–H and O–H groups in total. The predicted octanol–water partition coefficient (Wildman–Crippen LogP) is 0.746. The molecule has 0 spiro atoms. The Labute approximate surface area is 158 Å². The lowest BCUT2D eigenvalue weighted by Gasteiger charge is -2.25. The zero-order valence-electron chi connectivity index (χ0n) is 15.7. The number of carboxylic acid groups (broad SMARTS) is 1. The molecule has 2 aliphatic rings. The molecule has 8 nitrogen and oxygen atoms in total. The van der Waals surface area contributed by atoms with E-state index in [4.69, 9.17) is 14.6 Å². The van der Waals surface area contributed by atoms with E-state index < -0.39 is 0 Å². The number of hydrogen-bond donors (Lipinski definition) is 3. The normalized spacial score (nSPS) is 21.0. The first kappa shape index (κ1) is 20.9. The molecule has 2 aliphatic heterocycles. The van der Waals surface area contributed by atoms with Gasteiger partial charge in [0.15, 0.2) is 0 Å². The molecule has 1 fully saturated rings. The van der Waals surface area contributed by atoms with E-state index in [0.717, 1.165) is 24.0 Å². The maximum Gasteiger partial charge on any atom is 0.290 e. The number of nitrogens with one attached hydrogen (secondary N) is 2. The largest absolute Gasteiger partial charge is 0.483 e. The van der Waals surface area contributed by atoms with E-state index in [2.05, 4.69) is 15.5 Å². The van der Waals surface area contributed by atoms with Gasteiger partial charge in [-0.3, -0.25) is 19.3 Å². The number of hydrogen-bond acceptors (Lipinski definition) is 5. The first-order valence-electron chi connectivity index (χ1n) is 8.98. The molecule has 148 valence electrons. The molecule has 0 radical (unpaired) electrons. The second kappa shape index (κ2) is 10.0. The molecule has 1 aromatic carbocycles. The van der Waals surface area contributed by atoms with E-state index in [-0.39, 0.29) is 30.4 Å². The van der Waals surface area contributed by atoms with E-state index in [1.54, 1.807) is 7.05 Å². The Hall–Kier alpha value is -2.45. The first-order valence-corrected chi connectivity index (χ1v) is 8.98. The molecule has 3 rings (SSSR count). The van der Waals surface area contributed by atoms with E-state index in [1.807, 2.05) is 25.2 Å². The van der Waals surface area contributed by atoms with E-state index in [0.29, 0.717) is 31.7 Å². The molecule has 0 saturated carbocycles. The van der Waals surface area contributed by atoms with Crippen molar-refractivity contribution in [2.24, 2.45) is 0 Å². The molecule has 1 saturated heterocycles. The summed E-state index contributed by atoms with van der Waals surface area (Å²) < 4.78 is 5.44. The molecular formula is C19H27N3O5. The average Bonchev–Trinajstić information content (AvgIpc) is 3.27. The molecule has 0 bridgehead atoms. The average molecular weight is 377 g/mol. The topological polar surface area (TPSA) is 108 Å². The number of carbonyl (C=O) groups is 3. The van der Waals surface area contributed by atoms with E-state index in [1.165, 1.54) is 0 Å². The molecule has 27 heavy (non-hydrogen) atoms. The van der Waals surface area contributed by atoms with Gasteiger partial charge in [0, 0.05) is 37.7 Å². The van der Waals surface area contributed by atoms with Gasteiger partial charge in [-0.05, 0) is 37.1 Å². The van der Waals surface area contributed by atoms with Gasteiger partial charge in [-0.15, -0.1) is 0 Å². The van der Waals surface area contributed by atoms with Crippen LogP contribution in [-0.2, 0) is 27.5 Å². The minimum atomic E-state index is -0.250. The molecule has 8 heteroatoms. The third-order valence-electron chi connectivity index (χ3n) is 5.20. The van der Waals surface area contributed by atoms with Crippen molar-refractivity contribution in [2.45, 2.75) is 44.6 Å².